The van der Waals surface area contributed by atoms with E-state index in [9.17, 15) is 23.1 Å². The highest BCUT2D eigenvalue weighted by Gasteiger charge is 2.39. The zero-order valence-electron chi connectivity index (χ0n) is 15.6. The van der Waals surface area contributed by atoms with Crippen molar-refractivity contribution in [2.45, 2.75) is 44.1 Å². The van der Waals surface area contributed by atoms with Gasteiger partial charge in [0.15, 0.2) is 11.2 Å². The fraction of sp³-hybridized carbons (Fsp3) is 0.421. The summed E-state index contributed by atoms with van der Waals surface area (Å²) in [5.74, 6) is -1.08. The number of benzene rings is 1. The van der Waals surface area contributed by atoms with E-state index in [-0.39, 0.29) is 29.7 Å². The third-order valence-electron chi connectivity index (χ3n) is 5.22. The van der Waals surface area contributed by atoms with Crippen molar-refractivity contribution in [3.8, 4) is 0 Å². The SMILES string of the molecule is Cn1c(N[C@@H]2CCC[C@H]2O)nc2nc(C(F)(F)F)n(Cc3ccccc3)c2c1=O. The Hall–Kier alpha value is -2.88. The van der Waals surface area contributed by atoms with Crippen molar-refractivity contribution < 1.29 is 18.3 Å². The number of imidazole rings is 1. The smallest absolute Gasteiger partial charge is 0.391 e. The van der Waals surface area contributed by atoms with Crippen molar-refractivity contribution in [3.63, 3.8) is 0 Å². The summed E-state index contributed by atoms with van der Waals surface area (Å²) in [6.07, 6.45) is -3.21. The Kier molecular flexibility index (Phi) is 4.81. The van der Waals surface area contributed by atoms with Gasteiger partial charge in [-0.3, -0.25) is 9.36 Å². The van der Waals surface area contributed by atoms with Crippen molar-refractivity contribution in [1.82, 2.24) is 19.1 Å². The van der Waals surface area contributed by atoms with E-state index in [0.717, 1.165) is 15.6 Å². The van der Waals surface area contributed by atoms with Crippen molar-refractivity contribution >= 4 is 17.1 Å². The number of aliphatic hydroxyl groups is 1. The van der Waals surface area contributed by atoms with Gasteiger partial charge in [0, 0.05) is 13.6 Å². The highest BCUT2D eigenvalue weighted by molar-refractivity contribution is 5.72. The molecule has 7 nitrogen and oxygen atoms in total. The van der Waals surface area contributed by atoms with Gasteiger partial charge in [-0.05, 0) is 24.8 Å². The van der Waals surface area contributed by atoms with Crippen LogP contribution in [0, 0.1) is 0 Å². The van der Waals surface area contributed by atoms with E-state index in [1.54, 1.807) is 30.3 Å². The molecule has 1 saturated carbocycles. The van der Waals surface area contributed by atoms with E-state index in [1.165, 1.54) is 7.05 Å². The zero-order valence-corrected chi connectivity index (χ0v) is 15.6. The van der Waals surface area contributed by atoms with Gasteiger partial charge in [0.25, 0.3) is 5.56 Å². The summed E-state index contributed by atoms with van der Waals surface area (Å²) < 4.78 is 42.9. The molecule has 4 rings (SSSR count). The lowest BCUT2D eigenvalue weighted by Gasteiger charge is -2.18. The third kappa shape index (κ3) is 3.59. The predicted molar refractivity (Wildman–Crippen MR) is 101 cm³/mol. The molecule has 10 heteroatoms. The molecule has 2 N–H and O–H groups in total. The molecule has 154 valence electrons. The zero-order chi connectivity index (χ0) is 20.8. The first kappa shape index (κ1) is 19.4. The summed E-state index contributed by atoms with van der Waals surface area (Å²) in [5.41, 5.74) is -0.507. The Morgan fingerprint density at radius 1 is 1.21 bits per heavy atom. The second kappa shape index (κ2) is 7.18. The van der Waals surface area contributed by atoms with Gasteiger partial charge < -0.3 is 15.0 Å². The van der Waals surface area contributed by atoms with E-state index in [1.807, 2.05) is 0 Å². The molecule has 0 unspecified atom stereocenters. The topological polar surface area (TPSA) is 85.0 Å². The first-order chi connectivity index (χ1) is 13.8. The van der Waals surface area contributed by atoms with Crippen LogP contribution in [0.3, 0.4) is 0 Å². The Bertz CT molecular complexity index is 1090. The molecule has 2 heterocycles. The Balaban J connectivity index is 1.85. The minimum Gasteiger partial charge on any atom is -0.391 e. The number of rotatable bonds is 4. The minimum atomic E-state index is -4.74. The number of hydrogen-bond acceptors (Lipinski definition) is 5. The second-order valence-corrected chi connectivity index (χ2v) is 7.23. The molecule has 2 aromatic heterocycles. The molecule has 29 heavy (non-hydrogen) atoms. The van der Waals surface area contributed by atoms with Crippen molar-refractivity contribution in [2.24, 2.45) is 7.05 Å². The van der Waals surface area contributed by atoms with Crippen LogP contribution in [0.1, 0.15) is 30.7 Å². The first-order valence-electron chi connectivity index (χ1n) is 9.28. The van der Waals surface area contributed by atoms with Crippen molar-refractivity contribution in [1.29, 1.82) is 0 Å². The number of nitrogens with zero attached hydrogens (tertiary/aromatic N) is 4. The average molecular weight is 407 g/mol. The van der Waals surface area contributed by atoms with Gasteiger partial charge in [-0.15, -0.1) is 0 Å². The normalized spacial score (nSPS) is 19.8. The maximum atomic E-state index is 13.6. The molecular weight excluding hydrogens is 387 g/mol. The number of nitrogens with one attached hydrogen (secondary N) is 1. The van der Waals surface area contributed by atoms with E-state index < -0.39 is 23.7 Å². The van der Waals surface area contributed by atoms with Gasteiger partial charge >= 0.3 is 6.18 Å². The molecule has 0 aliphatic heterocycles. The lowest BCUT2D eigenvalue weighted by molar-refractivity contribution is -0.146. The summed E-state index contributed by atoms with van der Waals surface area (Å²) in [5, 5.41) is 13.0. The van der Waals surface area contributed by atoms with Crippen LogP contribution in [-0.2, 0) is 19.8 Å². The highest BCUT2D eigenvalue weighted by Crippen LogP contribution is 2.31. The van der Waals surface area contributed by atoms with Gasteiger partial charge in [-0.1, -0.05) is 30.3 Å². The van der Waals surface area contributed by atoms with Crippen LogP contribution in [0.25, 0.3) is 11.2 Å². The van der Waals surface area contributed by atoms with Crippen LogP contribution < -0.4 is 10.9 Å². The largest absolute Gasteiger partial charge is 0.449 e. The van der Waals surface area contributed by atoms with Crippen LogP contribution in [-0.4, -0.2) is 36.4 Å². The molecule has 1 aliphatic rings. The molecule has 1 fully saturated rings. The van der Waals surface area contributed by atoms with Crippen LogP contribution in [0.15, 0.2) is 35.1 Å². The highest BCUT2D eigenvalue weighted by atomic mass is 19.4. The summed E-state index contributed by atoms with van der Waals surface area (Å²) in [4.78, 5) is 20.8. The monoisotopic (exact) mass is 407 g/mol. The molecule has 0 spiro atoms. The predicted octanol–water partition coefficient (Wildman–Crippen LogP) is 2.52. The van der Waals surface area contributed by atoms with Gasteiger partial charge in [0.05, 0.1) is 12.1 Å². The Morgan fingerprint density at radius 2 is 1.93 bits per heavy atom. The second-order valence-electron chi connectivity index (χ2n) is 7.23. The number of alkyl halides is 3. The number of anilines is 1. The molecule has 0 bridgehead atoms. The standard InChI is InChI=1S/C19H20F3N5O2/c1-26-16(29)14-15(25-18(26)23-12-8-5-9-13(12)28)24-17(19(20,21)22)27(14)10-11-6-3-2-4-7-11/h2-4,6-7,12-13,28H,5,8-10H2,1H3,(H,23,25)/t12-,13-/m1/s1. The minimum absolute atomic E-state index is 0.0894. The van der Waals surface area contributed by atoms with Gasteiger partial charge in [0.2, 0.25) is 11.8 Å². The lowest BCUT2D eigenvalue weighted by Crippen LogP contribution is -2.32. The number of hydrogen-bond donors (Lipinski definition) is 2. The number of halogens is 3. The number of aromatic nitrogens is 4. The van der Waals surface area contributed by atoms with Crippen molar-refractivity contribution in [3.05, 3.63) is 52.1 Å². The molecule has 1 aliphatic carbocycles. The Morgan fingerprint density at radius 3 is 2.55 bits per heavy atom. The fourth-order valence-corrected chi connectivity index (χ4v) is 3.70. The van der Waals surface area contributed by atoms with Crippen molar-refractivity contribution in [2.75, 3.05) is 5.32 Å². The molecule has 0 amide bonds. The molecular formula is C19H20F3N5O2. The van der Waals surface area contributed by atoms with Crippen LogP contribution in [0.2, 0.25) is 0 Å². The molecule has 2 atom stereocenters. The number of fused-ring (bicyclic) bond motifs is 1. The molecule has 1 aromatic carbocycles. The maximum absolute atomic E-state index is 13.6. The van der Waals surface area contributed by atoms with Gasteiger partial charge in [-0.25, -0.2) is 4.98 Å². The molecule has 0 saturated heterocycles. The summed E-state index contributed by atoms with van der Waals surface area (Å²) in [6, 6.07) is 8.25. The van der Waals surface area contributed by atoms with Crippen LogP contribution >= 0.6 is 0 Å². The van der Waals surface area contributed by atoms with Gasteiger partial charge in [0.1, 0.15) is 0 Å². The summed E-state index contributed by atoms with van der Waals surface area (Å²) in [6.45, 7) is -0.156. The van der Waals surface area contributed by atoms with E-state index >= 15 is 0 Å². The fourth-order valence-electron chi connectivity index (χ4n) is 3.70. The number of aliphatic hydroxyl groups excluding tert-OH is 1. The van der Waals surface area contributed by atoms with E-state index in [2.05, 4.69) is 15.3 Å². The lowest BCUT2D eigenvalue weighted by atomic mass is 10.2. The van der Waals surface area contributed by atoms with Crippen LogP contribution in [0.5, 0.6) is 0 Å². The average Bonchev–Trinajstić information content (AvgIpc) is 3.24. The summed E-state index contributed by atoms with van der Waals surface area (Å²) >= 11 is 0. The van der Waals surface area contributed by atoms with E-state index in [4.69, 9.17) is 0 Å². The third-order valence-corrected chi connectivity index (χ3v) is 5.22. The van der Waals surface area contributed by atoms with E-state index in [0.29, 0.717) is 18.4 Å². The quantitative estimate of drug-likeness (QED) is 0.694. The summed E-state index contributed by atoms with van der Waals surface area (Å²) in [7, 11) is 1.44. The molecule has 0 radical (unpaired) electrons. The maximum Gasteiger partial charge on any atom is 0.449 e. The Labute approximate surface area is 163 Å². The molecule has 3 aromatic rings. The van der Waals surface area contributed by atoms with Gasteiger partial charge in [-0.2, -0.15) is 18.2 Å². The van der Waals surface area contributed by atoms with Crippen LogP contribution in [0.4, 0.5) is 19.1 Å². The first-order valence-corrected chi connectivity index (χ1v) is 9.28.